The van der Waals surface area contributed by atoms with Gasteiger partial charge < -0.3 is 34.5 Å². The third-order valence-corrected chi connectivity index (χ3v) is 8.75. The minimum atomic E-state index is -5.80. The first-order valence-corrected chi connectivity index (χ1v) is 13.8. The van der Waals surface area contributed by atoms with Crippen LogP contribution in [-0.4, -0.2) is 70.2 Å². The molecule has 6 atom stereocenters. The van der Waals surface area contributed by atoms with Gasteiger partial charge in [0.2, 0.25) is 0 Å². The van der Waals surface area contributed by atoms with E-state index < -0.39 is 96.1 Å². The summed E-state index contributed by atoms with van der Waals surface area (Å²) in [7, 11) is -17.0. The molecule has 35 heavy (non-hydrogen) atoms. The highest BCUT2D eigenvalue weighted by molar-refractivity contribution is 7.66. The summed E-state index contributed by atoms with van der Waals surface area (Å²) in [5, 5.41) is 20.4. The number of ether oxygens (including phenoxy) is 1. The van der Waals surface area contributed by atoms with Crippen molar-refractivity contribution >= 4 is 23.5 Å². The largest absolute Gasteiger partial charge is 0.490 e. The maximum absolute atomic E-state index is 13.2. The lowest BCUT2D eigenvalue weighted by atomic mass is 9.88. The molecule has 3 rings (SSSR count). The molecule has 0 radical (unpaired) electrons. The van der Waals surface area contributed by atoms with Gasteiger partial charge in [0, 0.05) is 25.1 Å². The molecule has 0 bridgehead atoms. The Bertz CT molecular complexity index is 1220. The van der Waals surface area contributed by atoms with Crippen LogP contribution in [0.5, 0.6) is 0 Å². The quantitative estimate of drug-likeness (QED) is 0.175. The highest BCUT2D eigenvalue weighted by Gasteiger charge is 2.49. The maximum Gasteiger partial charge on any atom is 0.490 e. The van der Waals surface area contributed by atoms with Crippen LogP contribution in [0.2, 0.25) is 0 Å². The van der Waals surface area contributed by atoms with Gasteiger partial charge in [-0.25, -0.2) is 27.3 Å². The Kier molecular flexibility index (Phi) is 7.80. The second-order valence-electron chi connectivity index (χ2n) is 7.63. The highest BCUT2D eigenvalue weighted by Crippen LogP contribution is 2.66. The number of nitrogens with one attached hydrogen (secondary N) is 1. The zero-order valence-electron chi connectivity index (χ0n) is 17.0. The minimum Gasteiger partial charge on any atom is -0.387 e. The third kappa shape index (κ3) is 6.99. The standard InChI is InChI=1S/C13H19F2N2O15P3/c14-13(15)1-5(2-13)17-3-6(11(20)16-12(17)21)10-9(19)8(18)7(30-10)4-29-34(25,26)32-35(27,28)31-33(22,23)24/h3,5,7-10,18-19H,1-2,4H2,(H,25,26)(H,27,28)(H,16,20,21)(H2,22,23,24)/t7-,8?,9?,10+/m1/s1. The van der Waals surface area contributed by atoms with E-state index in [1.54, 1.807) is 0 Å². The number of rotatable bonds is 9. The molecule has 1 aromatic rings. The first kappa shape index (κ1) is 28.4. The smallest absolute Gasteiger partial charge is 0.387 e. The molecule has 0 amide bonds. The molecule has 0 spiro atoms. The van der Waals surface area contributed by atoms with Crippen molar-refractivity contribution in [3.63, 3.8) is 0 Å². The predicted octanol–water partition coefficient (Wildman–Crippen LogP) is -0.988. The van der Waals surface area contributed by atoms with Gasteiger partial charge >= 0.3 is 29.2 Å². The average molecular weight is 574 g/mol. The molecule has 1 aromatic heterocycles. The lowest BCUT2D eigenvalue weighted by molar-refractivity contribution is -0.105. The lowest BCUT2D eigenvalue weighted by Gasteiger charge is -2.36. The highest BCUT2D eigenvalue weighted by atomic mass is 31.3. The SMILES string of the molecule is O=c1[nH]c(=O)n(C2CC(F)(F)C2)cc1[C@@H]1O[C@H](COP(=O)(O)OP(=O)(O)OP(=O)(O)O)C(O)C1O. The summed E-state index contributed by atoms with van der Waals surface area (Å²) in [5.74, 6) is -3.00. The molecular weight excluding hydrogens is 555 g/mol. The van der Waals surface area contributed by atoms with Crippen LogP contribution in [0.3, 0.4) is 0 Å². The summed E-state index contributed by atoms with van der Waals surface area (Å²) in [5.41, 5.74) is -2.54. The van der Waals surface area contributed by atoms with Crippen LogP contribution in [0.15, 0.2) is 15.8 Å². The second-order valence-corrected chi connectivity index (χ2v) is 12.1. The summed E-state index contributed by atoms with van der Waals surface area (Å²) < 4.78 is 77.5. The summed E-state index contributed by atoms with van der Waals surface area (Å²) >= 11 is 0. The molecule has 1 aliphatic heterocycles. The van der Waals surface area contributed by atoms with Gasteiger partial charge in [-0.15, -0.1) is 0 Å². The van der Waals surface area contributed by atoms with E-state index in [1.165, 1.54) is 0 Å². The van der Waals surface area contributed by atoms with Crippen LogP contribution in [-0.2, 0) is 31.6 Å². The van der Waals surface area contributed by atoms with Crippen molar-refractivity contribution in [2.45, 2.75) is 49.2 Å². The molecule has 22 heteroatoms. The van der Waals surface area contributed by atoms with Crippen molar-refractivity contribution in [3.05, 3.63) is 32.6 Å². The Morgan fingerprint density at radius 3 is 2.20 bits per heavy atom. The number of aliphatic hydroxyl groups excluding tert-OH is 2. The zero-order chi connectivity index (χ0) is 26.6. The van der Waals surface area contributed by atoms with Gasteiger partial charge in [0.1, 0.15) is 24.4 Å². The van der Waals surface area contributed by atoms with E-state index in [0.717, 1.165) is 10.8 Å². The van der Waals surface area contributed by atoms with Crippen LogP contribution in [0.25, 0.3) is 0 Å². The minimum absolute atomic E-state index is 0.452. The number of hydrogen-bond donors (Lipinski definition) is 7. The van der Waals surface area contributed by atoms with Crippen molar-refractivity contribution in [3.8, 4) is 0 Å². The van der Waals surface area contributed by atoms with Crippen molar-refractivity contribution in [2.24, 2.45) is 0 Å². The second kappa shape index (κ2) is 9.61. The molecule has 1 aliphatic carbocycles. The number of phosphoric acid groups is 3. The number of phosphoric ester groups is 1. The van der Waals surface area contributed by atoms with Gasteiger partial charge in [-0.1, -0.05) is 0 Å². The Balaban J connectivity index is 1.72. The van der Waals surface area contributed by atoms with Gasteiger partial charge in [0.25, 0.3) is 11.5 Å². The molecule has 200 valence electrons. The first-order chi connectivity index (χ1) is 15.8. The van der Waals surface area contributed by atoms with E-state index >= 15 is 0 Å². The average Bonchev–Trinajstić information content (AvgIpc) is 2.90. The van der Waals surface area contributed by atoms with Gasteiger partial charge in [-0.2, -0.15) is 8.62 Å². The number of nitrogens with zero attached hydrogens (tertiary/aromatic N) is 1. The number of H-pyrrole nitrogens is 1. The fourth-order valence-electron chi connectivity index (χ4n) is 3.42. The van der Waals surface area contributed by atoms with E-state index in [1.807, 2.05) is 4.98 Å². The normalized spacial score (nSPS) is 30.4. The topological polar surface area (TPSA) is 264 Å². The molecule has 1 saturated heterocycles. The van der Waals surface area contributed by atoms with Crippen LogP contribution < -0.4 is 11.2 Å². The summed E-state index contributed by atoms with van der Waals surface area (Å²) in [6.07, 6.45) is -7.65. The van der Waals surface area contributed by atoms with E-state index in [2.05, 4.69) is 13.1 Å². The Labute approximate surface area is 192 Å². The number of halogens is 2. The molecule has 2 heterocycles. The Hall–Kier alpha value is -1.17. The third-order valence-electron chi connectivity index (χ3n) is 4.94. The van der Waals surface area contributed by atoms with Crippen molar-refractivity contribution in [1.29, 1.82) is 0 Å². The van der Waals surface area contributed by atoms with E-state index in [-0.39, 0.29) is 0 Å². The summed E-state index contributed by atoms with van der Waals surface area (Å²) in [6.45, 7) is -1.13. The number of aliphatic hydroxyl groups is 2. The van der Waals surface area contributed by atoms with Crippen molar-refractivity contribution < 1.29 is 70.1 Å². The lowest BCUT2D eigenvalue weighted by Crippen LogP contribution is -2.44. The van der Waals surface area contributed by atoms with E-state index in [0.29, 0.717) is 0 Å². The molecule has 2 aliphatic rings. The van der Waals surface area contributed by atoms with Crippen LogP contribution in [0.4, 0.5) is 8.78 Å². The molecule has 7 N–H and O–H groups in total. The van der Waals surface area contributed by atoms with Crippen molar-refractivity contribution in [2.75, 3.05) is 6.61 Å². The summed E-state index contributed by atoms with van der Waals surface area (Å²) in [4.78, 5) is 61.7. The molecular formula is C13H19F2N2O15P3. The van der Waals surface area contributed by atoms with Gasteiger partial charge in [-0.05, 0) is 0 Å². The molecule has 1 saturated carbocycles. The van der Waals surface area contributed by atoms with Crippen LogP contribution in [0, 0.1) is 0 Å². The van der Waals surface area contributed by atoms with Gasteiger partial charge in [0.15, 0.2) is 0 Å². The molecule has 17 nitrogen and oxygen atoms in total. The molecule has 2 fully saturated rings. The van der Waals surface area contributed by atoms with E-state index in [9.17, 15) is 47.2 Å². The maximum atomic E-state index is 13.2. The van der Waals surface area contributed by atoms with Gasteiger partial charge in [-0.3, -0.25) is 18.9 Å². The van der Waals surface area contributed by atoms with Crippen LogP contribution in [0.1, 0.15) is 30.6 Å². The fraction of sp³-hybridized carbons (Fsp3) is 0.692. The number of aromatic nitrogens is 2. The van der Waals surface area contributed by atoms with Gasteiger partial charge in [0.05, 0.1) is 12.2 Å². The Morgan fingerprint density at radius 2 is 1.66 bits per heavy atom. The fourth-order valence-corrected chi connectivity index (χ4v) is 6.45. The predicted molar refractivity (Wildman–Crippen MR) is 104 cm³/mol. The number of hydrogen-bond acceptors (Lipinski definition) is 11. The Morgan fingerprint density at radius 1 is 1.06 bits per heavy atom. The zero-order valence-corrected chi connectivity index (χ0v) is 19.7. The van der Waals surface area contributed by atoms with Crippen LogP contribution >= 0.6 is 23.5 Å². The number of aromatic amines is 1. The first-order valence-electron chi connectivity index (χ1n) is 9.32. The molecule has 0 aromatic carbocycles. The molecule has 4 unspecified atom stereocenters. The van der Waals surface area contributed by atoms with Crippen molar-refractivity contribution in [1.82, 2.24) is 9.55 Å². The number of alkyl halides is 2. The van der Waals surface area contributed by atoms with E-state index in [4.69, 9.17) is 19.4 Å². The summed E-state index contributed by atoms with van der Waals surface area (Å²) in [6, 6.07) is -0.961. The monoisotopic (exact) mass is 574 g/mol.